The van der Waals surface area contributed by atoms with Gasteiger partial charge in [-0.05, 0) is 51.9 Å². The van der Waals surface area contributed by atoms with Gasteiger partial charge in [0.05, 0.1) is 0 Å². The molecule has 88 valence electrons. The molecule has 2 rings (SSSR count). The summed E-state index contributed by atoms with van der Waals surface area (Å²) in [6.07, 6.45) is 5.86. The van der Waals surface area contributed by atoms with Crippen LogP contribution in [0.25, 0.3) is 0 Å². The van der Waals surface area contributed by atoms with Crippen LogP contribution in [0.3, 0.4) is 0 Å². The molecule has 0 amide bonds. The number of fused-ring (bicyclic) bond motifs is 1. The summed E-state index contributed by atoms with van der Waals surface area (Å²) in [5, 5.41) is 0. The molecule has 0 aromatic heterocycles. The van der Waals surface area contributed by atoms with Gasteiger partial charge < -0.3 is 0 Å². The third kappa shape index (κ3) is 1.95. The second kappa shape index (κ2) is 3.76. The standard InChI is InChI=1S/C14H27N/c1-10(2)13-9-11-7-6-8-12(11)15(13)14(3,4)5/h10-13H,6-9H2,1-5H3. The zero-order valence-corrected chi connectivity index (χ0v) is 11.1. The predicted octanol–water partition coefficient (Wildman–Crippen LogP) is 3.68. The summed E-state index contributed by atoms with van der Waals surface area (Å²) in [5.74, 6) is 1.83. The topological polar surface area (TPSA) is 3.24 Å². The summed E-state index contributed by atoms with van der Waals surface area (Å²) in [5.41, 5.74) is 0.360. The van der Waals surface area contributed by atoms with Gasteiger partial charge in [0.25, 0.3) is 0 Å². The van der Waals surface area contributed by atoms with Crippen molar-refractivity contribution < 1.29 is 0 Å². The summed E-state index contributed by atoms with van der Waals surface area (Å²) >= 11 is 0. The fourth-order valence-corrected chi connectivity index (χ4v) is 3.92. The highest BCUT2D eigenvalue weighted by Crippen LogP contribution is 2.46. The molecule has 1 heterocycles. The van der Waals surface area contributed by atoms with Gasteiger partial charge in [-0.15, -0.1) is 0 Å². The van der Waals surface area contributed by atoms with Crippen LogP contribution in [0.2, 0.25) is 0 Å². The van der Waals surface area contributed by atoms with E-state index < -0.39 is 0 Å². The smallest absolute Gasteiger partial charge is 0.0132 e. The number of hydrogen-bond acceptors (Lipinski definition) is 1. The van der Waals surface area contributed by atoms with Gasteiger partial charge in [-0.1, -0.05) is 20.3 Å². The van der Waals surface area contributed by atoms with Crippen molar-refractivity contribution in [3.8, 4) is 0 Å². The Morgan fingerprint density at radius 3 is 2.33 bits per heavy atom. The lowest BCUT2D eigenvalue weighted by atomic mass is 9.94. The van der Waals surface area contributed by atoms with Gasteiger partial charge >= 0.3 is 0 Å². The molecule has 0 aromatic carbocycles. The van der Waals surface area contributed by atoms with E-state index in [1.165, 1.54) is 25.7 Å². The molecule has 3 atom stereocenters. The lowest BCUT2D eigenvalue weighted by molar-refractivity contribution is 0.0529. The van der Waals surface area contributed by atoms with Gasteiger partial charge in [-0.2, -0.15) is 0 Å². The Balaban J connectivity index is 2.21. The van der Waals surface area contributed by atoms with Crippen LogP contribution < -0.4 is 0 Å². The van der Waals surface area contributed by atoms with E-state index in [4.69, 9.17) is 0 Å². The molecule has 15 heavy (non-hydrogen) atoms. The van der Waals surface area contributed by atoms with Gasteiger partial charge in [-0.25, -0.2) is 0 Å². The van der Waals surface area contributed by atoms with Gasteiger partial charge in [0.1, 0.15) is 0 Å². The van der Waals surface area contributed by atoms with Crippen LogP contribution in [0.15, 0.2) is 0 Å². The maximum Gasteiger partial charge on any atom is 0.0132 e. The van der Waals surface area contributed by atoms with Crippen molar-refractivity contribution in [1.82, 2.24) is 4.90 Å². The monoisotopic (exact) mass is 209 g/mol. The van der Waals surface area contributed by atoms with E-state index in [2.05, 4.69) is 39.5 Å². The van der Waals surface area contributed by atoms with Crippen molar-refractivity contribution in [3.05, 3.63) is 0 Å². The molecule has 1 aliphatic carbocycles. The van der Waals surface area contributed by atoms with Crippen LogP contribution in [0.4, 0.5) is 0 Å². The molecule has 1 aliphatic heterocycles. The molecule has 0 N–H and O–H groups in total. The van der Waals surface area contributed by atoms with E-state index in [9.17, 15) is 0 Å². The minimum atomic E-state index is 0.360. The van der Waals surface area contributed by atoms with Crippen LogP contribution in [0.5, 0.6) is 0 Å². The highest BCUT2D eigenvalue weighted by atomic mass is 15.3. The molecule has 1 heteroatoms. The first kappa shape index (κ1) is 11.4. The minimum Gasteiger partial charge on any atom is -0.292 e. The van der Waals surface area contributed by atoms with E-state index in [0.717, 1.165) is 23.9 Å². The average Bonchev–Trinajstić information content (AvgIpc) is 2.56. The van der Waals surface area contributed by atoms with Gasteiger partial charge in [0.2, 0.25) is 0 Å². The molecule has 2 aliphatic rings. The van der Waals surface area contributed by atoms with E-state index in [0.29, 0.717) is 5.54 Å². The van der Waals surface area contributed by atoms with Crippen molar-refractivity contribution in [2.24, 2.45) is 11.8 Å². The Morgan fingerprint density at radius 2 is 1.80 bits per heavy atom. The predicted molar refractivity (Wildman–Crippen MR) is 66.0 cm³/mol. The molecule has 0 spiro atoms. The van der Waals surface area contributed by atoms with Crippen LogP contribution in [0, 0.1) is 11.8 Å². The molecule has 2 fully saturated rings. The molecule has 1 nitrogen and oxygen atoms in total. The Labute approximate surface area is 95.2 Å². The molecule has 1 saturated carbocycles. The molecule has 0 radical (unpaired) electrons. The van der Waals surface area contributed by atoms with Gasteiger partial charge in [0.15, 0.2) is 0 Å². The van der Waals surface area contributed by atoms with Gasteiger partial charge in [-0.3, -0.25) is 4.90 Å². The summed E-state index contributed by atoms with van der Waals surface area (Å²) in [6, 6.07) is 1.73. The van der Waals surface area contributed by atoms with Crippen LogP contribution >= 0.6 is 0 Å². The van der Waals surface area contributed by atoms with Crippen molar-refractivity contribution >= 4 is 0 Å². The zero-order chi connectivity index (χ0) is 11.2. The second-order valence-electron chi connectivity index (χ2n) is 6.88. The molecular weight excluding hydrogens is 182 g/mol. The largest absolute Gasteiger partial charge is 0.292 e. The van der Waals surface area contributed by atoms with E-state index in [1.807, 2.05) is 0 Å². The normalized spacial score (nSPS) is 37.6. The summed E-state index contributed by atoms with van der Waals surface area (Å²) in [7, 11) is 0. The van der Waals surface area contributed by atoms with Crippen LogP contribution in [-0.4, -0.2) is 22.5 Å². The quantitative estimate of drug-likeness (QED) is 0.637. The first-order valence-corrected chi connectivity index (χ1v) is 6.69. The first-order chi connectivity index (χ1) is 6.91. The van der Waals surface area contributed by atoms with Gasteiger partial charge in [0, 0.05) is 17.6 Å². The second-order valence-corrected chi connectivity index (χ2v) is 6.88. The molecule has 1 saturated heterocycles. The highest BCUT2D eigenvalue weighted by molar-refractivity contribution is 5.02. The summed E-state index contributed by atoms with van der Waals surface area (Å²) < 4.78 is 0. The average molecular weight is 209 g/mol. The highest BCUT2D eigenvalue weighted by Gasteiger charge is 2.48. The summed E-state index contributed by atoms with van der Waals surface area (Å²) in [4.78, 5) is 2.84. The van der Waals surface area contributed by atoms with Crippen molar-refractivity contribution in [2.45, 2.75) is 77.9 Å². The SMILES string of the molecule is CC(C)C1CC2CCCC2N1C(C)(C)C. The Hall–Kier alpha value is -0.0400. The van der Waals surface area contributed by atoms with Crippen molar-refractivity contribution in [1.29, 1.82) is 0 Å². The Kier molecular flexibility index (Phi) is 2.87. The Bertz CT molecular complexity index is 226. The maximum atomic E-state index is 2.84. The first-order valence-electron chi connectivity index (χ1n) is 6.69. The zero-order valence-electron chi connectivity index (χ0n) is 11.1. The lowest BCUT2D eigenvalue weighted by Gasteiger charge is -2.42. The molecule has 0 aromatic rings. The maximum absolute atomic E-state index is 2.84. The minimum absolute atomic E-state index is 0.360. The third-order valence-corrected chi connectivity index (χ3v) is 4.42. The Morgan fingerprint density at radius 1 is 1.13 bits per heavy atom. The fraction of sp³-hybridized carbons (Fsp3) is 1.00. The molecule has 0 bridgehead atoms. The van der Waals surface area contributed by atoms with E-state index in [-0.39, 0.29) is 0 Å². The fourth-order valence-electron chi connectivity index (χ4n) is 3.92. The van der Waals surface area contributed by atoms with Crippen LogP contribution in [0.1, 0.15) is 60.3 Å². The van der Waals surface area contributed by atoms with Crippen molar-refractivity contribution in [2.75, 3.05) is 0 Å². The lowest BCUT2D eigenvalue weighted by Crippen LogP contribution is -2.50. The van der Waals surface area contributed by atoms with Crippen molar-refractivity contribution in [3.63, 3.8) is 0 Å². The summed E-state index contributed by atoms with van der Waals surface area (Å²) in [6.45, 7) is 12.0. The third-order valence-electron chi connectivity index (χ3n) is 4.42. The number of likely N-dealkylation sites (tertiary alicyclic amines) is 1. The number of rotatable bonds is 1. The molecule has 3 unspecified atom stereocenters. The number of hydrogen-bond donors (Lipinski definition) is 0. The van der Waals surface area contributed by atoms with E-state index in [1.54, 1.807) is 0 Å². The van der Waals surface area contributed by atoms with E-state index >= 15 is 0 Å². The number of nitrogens with zero attached hydrogens (tertiary/aromatic N) is 1. The van der Waals surface area contributed by atoms with Crippen LogP contribution in [-0.2, 0) is 0 Å². The molecular formula is C14H27N.